The van der Waals surface area contributed by atoms with Crippen molar-refractivity contribution in [3.63, 3.8) is 0 Å². The van der Waals surface area contributed by atoms with Crippen molar-refractivity contribution in [1.82, 2.24) is 5.32 Å². The molecule has 0 saturated carbocycles. The Bertz CT molecular complexity index is 151. The quantitative estimate of drug-likeness (QED) is 0.628. The highest BCUT2D eigenvalue weighted by Crippen LogP contribution is 2.17. The van der Waals surface area contributed by atoms with Gasteiger partial charge in [0.1, 0.15) is 6.04 Å². The fourth-order valence-corrected chi connectivity index (χ4v) is 1.61. The molecule has 1 rings (SSSR count). The van der Waals surface area contributed by atoms with Crippen molar-refractivity contribution in [2.24, 2.45) is 5.92 Å². The standard InChI is InChI=1S/C9H17NO2/c1-3-7-4-5-8(10-6-7)9(11)12-2/h7-8,10H,3-6H2,1-2H3. The van der Waals surface area contributed by atoms with E-state index >= 15 is 0 Å². The Kier molecular flexibility index (Phi) is 3.53. The number of hydrogen-bond donors (Lipinski definition) is 1. The molecule has 0 aromatic carbocycles. The molecule has 1 fully saturated rings. The zero-order chi connectivity index (χ0) is 8.97. The molecule has 2 unspecified atom stereocenters. The molecule has 0 aromatic heterocycles. The van der Waals surface area contributed by atoms with Gasteiger partial charge in [0.25, 0.3) is 0 Å². The Hall–Kier alpha value is -0.570. The lowest BCUT2D eigenvalue weighted by Crippen LogP contribution is -2.44. The lowest BCUT2D eigenvalue weighted by atomic mass is 9.93. The van der Waals surface area contributed by atoms with Crippen LogP contribution in [0.25, 0.3) is 0 Å². The zero-order valence-electron chi connectivity index (χ0n) is 7.80. The summed E-state index contributed by atoms with van der Waals surface area (Å²) in [6.07, 6.45) is 3.26. The minimum absolute atomic E-state index is 0.0576. The molecule has 0 bridgehead atoms. The van der Waals surface area contributed by atoms with E-state index < -0.39 is 0 Å². The lowest BCUT2D eigenvalue weighted by Gasteiger charge is -2.27. The summed E-state index contributed by atoms with van der Waals surface area (Å²) >= 11 is 0. The van der Waals surface area contributed by atoms with E-state index in [2.05, 4.69) is 17.0 Å². The summed E-state index contributed by atoms with van der Waals surface area (Å²) in [6.45, 7) is 3.14. The Balaban J connectivity index is 2.30. The van der Waals surface area contributed by atoms with Crippen LogP contribution in [0.4, 0.5) is 0 Å². The predicted octanol–water partition coefficient (Wildman–Crippen LogP) is 0.938. The second-order valence-corrected chi connectivity index (χ2v) is 3.34. The van der Waals surface area contributed by atoms with E-state index in [4.69, 9.17) is 0 Å². The first-order valence-corrected chi connectivity index (χ1v) is 4.59. The Morgan fingerprint density at radius 3 is 2.75 bits per heavy atom. The normalized spacial score (nSPS) is 29.8. The monoisotopic (exact) mass is 171 g/mol. The van der Waals surface area contributed by atoms with E-state index in [-0.39, 0.29) is 12.0 Å². The van der Waals surface area contributed by atoms with E-state index in [1.165, 1.54) is 13.5 Å². The largest absolute Gasteiger partial charge is 0.468 e. The minimum atomic E-state index is -0.121. The molecule has 0 aliphatic carbocycles. The first kappa shape index (κ1) is 9.52. The van der Waals surface area contributed by atoms with Crippen LogP contribution >= 0.6 is 0 Å². The van der Waals surface area contributed by atoms with Gasteiger partial charge < -0.3 is 10.1 Å². The van der Waals surface area contributed by atoms with E-state index in [9.17, 15) is 4.79 Å². The van der Waals surface area contributed by atoms with Crippen molar-refractivity contribution in [2.45, 2.75) is 32.2 Å². The van der Waals surface area contributed by atoms with Crippen LogP contribution in [0.15, 0.2) is 0 Å². The van der Waals surface area contributed by atoms with Crippen LogP contribution in [-0.4, -0.2) is 25.7 Å². The second-order valence-electron chi connectivity index (χ2n) is 3.34. The fourth-order valence-electron chi connectivity index (χ4n) is 1.61. The molecule has 12 heavy (non-hydrogen) atoms. The van der Waals surface area contributed by atoms with Crippen molar-refractivity contribution in [2.75, 3.05) is 13.7 Å². The smallest absolute Gasteiger partial charge is 0.322 e. The van der Waals surface area contributed by atoms with Crippen molar-refractivity contribution in [1.29, 1.82) is 0 Å². The van der Waals surface area contributed by atoms with E-state index in [1.54, 1.807) is 0 Å². The molecule has 0 aromatic rings. The van der Waals surface area contributed by atoms with Gasteiger partial charge in [-0.05, 0) is 25.3 Å². The van der Waals surface area contributed by atoms with E-state index in [1.807, 2.05) is 0 Å². The van der Waals surface area contributed by atoms with Gasteiger partial charge in [-0.25, -0.2) is 0 Å². The molecule has 1 N–H and O–H groups in total. The average molecular weight is 171 g/mol. The van der Waals surface area contributed by atoms with Gasteiger partial charge in [0.05, 0.1) is 7.11 Å². The van der Waals surface area contributed by atoms with Crippen molar-refractivity contribution < 1.29 is 9.53 Å². The third kappa shape index (κ3) is 2.21. The first-order chi connectivity index (χ1) is 5.77. The van der Waals surface area contributed by atoms with Gasteiger partial charge in [-0.15, -0.1) is 0 Å². The Labute approximate surface area is 73.5 Å². The molecule has 0 amide bonds. The summed E-state index contributed by atoms with van der Waals surface area (Å²) in [5.74, 6) is 0.621. The van der Waals surface area contributed by atoms with Gasteiger partial charge in [-0.1, -0.05) is 13.3 Å². The maximum Gasteiger partial charge on any atom is 0.322 e. The van der Waals surface area contributed by atoms with Crippen LogP contribution in [0.3, 0.4) is 0 Å². The number of hydrogen-bond acceptors (Lipinski definition) is 3. The Morgan fingerprint density at radius 2 is 2.33 bits per heavy atom. The predicted molar refractivity (Wildman–Crippen MR) is 46.8 cm³/mol. The molecule has 1 aliphatic rings. The molecule has 0 spiro atoms. The molecule has 1 saturated heterocycles. The van der Waals surface area contributed by atoms with Crippen LogP contribution in [0.2, 0.25) is 0 Å². The molecule has 2 atom stereocenters. The molecule has 3 nitrogen and oxygen atoms in total. The van der Waals surface area contributed by atoms with Crippen LogP contribution in [0.5, 0.6) is 0 Å². The third-order valence-corrected chi connectivity index (χ3v) is 2.58. The number of esters is 1. The van der Waals surface area contributed by atoms with E-state index in [0.29, 0.717) is 0 Å². The Morgan fingerprint density at radius 1 is 1.58 bits per heavy atom. The number of ether oxygens (including phenoxy) is 1. The molecular formula is C9H17NO2. The highest BCUT2D eigenvalue weighted by atomic mass is 16.5. The average Bonchev–Trinajstić information content (AvgIpc) is 2.17. The van der Waals surface area contributed by atoms with Crippen molar-refractivity contribution in [3.05, 3.63) is 0 Å². The summed E-state index contributed by atoms with van der Waals surface area (Å²) in [7, 11) is 1.44. The summed E-state index contributed by atoms with van der Waals surface area (Å²) in [4.78, 5) is 11.1. The SMILES string of the molecule is CCC1CCC(C(=O)OC)NC1. The summed E-state index contributed by atoms with van der Waals surface area (Å²) in [6, 6.07) is -0.0576. The number of methoxy groups -OCH3 is 1. The number of carbonyl (C=O) groups excluding carboxylic acids is 1. The second kappa shape index (κ2) is 4.45. The van der Waals surface area contributed by atoms with Crippen LogP contribution in [-0.2, 0) is 9.53 Å². The zero-order valence-corrected chi connectivity index (χ0v) is 7.80. The molecular weight excluding hydrogens is 154 g/mol. The number of nitrogens with one attached hydrogen (secondary N) is 1. The van der Waals surface area contributed by atoms with Gasteiger partial charge in [0, 0.05) is 0 Å². The molecule has 1 heterocycles. The molecule has 0 radical (unpaired) electrons. The number of rotatable bonds is 2. The van der Waals surface area contributed by atoms with Crippen LogP contribution in [0, 0.1) is 5.92 Å². The highest BCUT2D eigenvalue weighted by molar-refractivity contribution is 5.75. The minimum Gasteiger partial charge on any atom is -0.468 e. The number of piperidine rings is 1. The fraction of sp³-hybridized carbons (Fsp3) is 0.889. The van der Waals surface area contributed by atoms with Crippen molar-refractivity contribution in [3.8, 4) is 0 Å². The molecule has 70 valence electrons. The van der Waals surface area contributed by atoms with Crippen molar-refractivity contribution >= 4 is 5.97 Å². The highest BCUT2D eigenvalue weighted by Gasteiger charge is 2.24. The maximum atomic E-state index is 11.1. The van der Waals surface area contributed by atoms with Gasteiger partial charge in [-0.2, -0.15) is 0 Å². The molecule has 1 aliphatic heterocycles. The lowest BCUT2D eigenvalue weighted by molar-refractivity contribution is -0.143. The summed E-state index contributed by atoms with van der Waals surface area (Å²) in [5.41, 5.74) is 0. The van der Waals surface area contributed by atoms with Gasteiger partial charge in [0.15, 0.2) is 0 Å². The number of carbonyl (C=O) groups is 1. The summed E-state index contributed by atoms with van der Waals surface area (Å²) in [5, 5.41) is 3.20. The topological polar surface area (TPSA) is 38.3 Å². The molecule has 3 heteroatoms. The van der Waals surface area contributed by atoms with Gasteiger partial charge >= 0.3 is 5.97 Å². The van der Waals surface area contributed by atoms with Crippen LogP contribution < -0.4 is 5.32 Å². The summed E-state index contributed by atoms with van der Waals surface area (Å²) < 4.78 is 4.66. The third-order valence-electron chi connectivity index (χ3n) is 2.58. The van der Waals surface area contributed by atoms with Gasteiger partial charge in [0.2, 0.25) is 0 Å². The first-order valence-electron chi connectivity index (χ1n) is 4.59. The van der Waals surface area contributed by atoms with Gasteiger partial charge in [-0.3, -0.25) is 4.79 Å². The van der Waals surface area contributed by atoms with E-state index in [0.717, 1.165) is 25.3 Å². The maximum absolute atomic E-state index is 11.1. The van der Waals surface area contributed by atoms with Crippen LogP contribution in [0.1, 0.15) is 26.2 Å².